The van der Waals surface area contributed by atoms with Crippen molar-refractivity contribution in [3.8, 4) is 17.1 Å². The van der Waals surface area contributed by atoms with E-state index in [2.05, 4.69) is 49.3 Å². The molecule has 1 heterocycles. The van der Waals surface area contributed by atoms with Gasteiger partial charge in [0.2, 0.25) is 5.82 Å². The summed E-state index contributed by atoms with van der Waals surface area (Å²) in [6, 6.07) is 16.3. The van der Waals surface area contributed by atoms with E-state index >= 15 is 0 Å². The zero-order valence-corrected chi connectivity index (χ0v) is 15.9. The first-order valence-electron chi connectivity index (χ1n) is 9.10. The summed E-state index contributed by atoms with van der Waals surface area (Å²) in [6.45, 7) is 6.37. The molecule has 0 atom stereocenters. The zero-order chi connectivity index (χ0) is 18.6. The van der Waals surface area contributed by atoms with E-state index < -0.39 is 5.54 Å². The van der Waals surface area contributed by atoms with Crippen molar-refractivity contribution in [2.45, 2.75) is 45.6 Å². The molecule has 5 nitrogen and oxygen atoms in total. The highest BCUT2D eigenvalue weighted by Gasteiger charge is 2.27. The smallest absolute Gasteiger partial charge is 0.208 e. The molecular formula is C21H26N4O. The highest BCUT2D eigenvalue weighted by molar-refractivity contribution is 5.68. The Hall–Kier alpha value is -2.69. The van der Waals surface area contributed by atoms with E-state index in [-0.39, 0.29) is 0 Å². The van der Waals surface area contributed by atoms with Crippen molar-refractivity contribution in [1.29, 1.82) is 0 Å². The first-order valence-corrected chi connectivity index (χ1v) is 9.10. The van der Waals surface area contributed by atoms with Crippen LogP contribution >= 0.6 is 0 Å². The van der Waals surface area contributed by atoms with Crippen LogP contribution in [0.25, 0.3) is 11.4 Å². The second-order valence-corrected chi connectivity index (χ2v) is 6.93. The monoisotopic (exact) mass is 350 g/mol. The molecule has 0 bridgehead atoms. The molecule has 0 N–H and O–H groups in total. The number of methoxy groups -OCH3 is 1. The minimum atomic E-state index is -0.391. The lowest BCUT2D eigenvalue weighted by Gasteiger charge is -2.23. The maximum atomic E-state index is 5.58. The first kappa shape index (κ1) is 18.1. The van der Waals surface area contributed by atoms with Gasteiger partial charge in [0, 0.05) is 0 Å². The standard InChI is InChI=1S/C21H26N4O/c1-5-6-11-16-12-10-15-18(26-4)19(16)20-22-24-25(23-20)21(2,3)17-13-8-7-9-14-17/h7-10,12-15H,5-6,11H2,1-4H3. The maximum Gasteiger partial charge on any atom is 0.208 e. The Kier molecular flexibility index (Phi) is 5.35. The van der Waals surface area contributed by atoms with E-state index in [0.717, 1.165) is 36.1 Å². The van der Waals surface area contributed by atoms with Crippen molar-refractivity contribution in [2.24, 2.45) is 0 Å². The lowest BCUT2D eigenvalue weighted by molar-refractivity contribution is 0.337. The number of benzene rings is 2. The summed E-state index contributed by atoms with van der Waals surface area (Å²) in [5.41, 5.74) is 2.88. The minimum absolute atomic E-state index is 0.391. The largest absolute Gasteiger partial charge is 0.496 e. The summed E-state index contributed by atoms with van der Waals surface area (Å²) < 4.78 is 5.58. The van der Waals surface area contributed by atoms with Crippen LogP contribution in [-0.2, 0) is 12.0 Å². The summed E-state index contributed by atoms with van der Waals surface area (Å²) in [6.07, 6.45) is 3.22. The van der Waals surface area contributed by atoms with E-state index in [9.17, 15) is 0 Å². The summed E-state index contributed by atoms with van der Waals surface area (Å²) in [4.78, 5) is 1.69. The Morgan fingerprint density at radius 2 is 1.81 bits per heavy atom. The van der Waals surface area contributed by atoms with Crippen LogP contribution in [0.5, 0.6) is 5.75 Å². The number of unbranched alkanes of at least 4 members (excludes halogenated alkanes) is 1. The van der Waals surface area contributed by atoms with Crippen molar-refractivity contribution >= 4 is 0 Å². The Balaban J connectivity index is 2.03. The van der Waals surface area contributed by atoms with Crippen LogP contribution in [0.2, 0.25) is 0 Å². The molecule has 26 heavy (non-hydrogen) atoms. The Morgan fingerprint density at radius 3 is 2.50 bits per heavy atom. The summed E-state index contributed by atoms with van der Waals surface area (Å²) >= 11 is 0. The molecule has 136 valence electrons. The molecule has 0 fully saturated rings. The highest BCUT2D eigenvalue weighted by Crippen LogP contribution is 2.33. The zero-order valence-electron chi connectivity index (χ0n) is 15.9. The fraction of sp³-hybridized carbons (Fsp3) is 0.381. The molecule has 2 aromatic carbocycles. The van der Waals surface area contributed by atoms with Gasteiger partial charge in [-0.05, 0) is 49.1 Å². The number of tetrazole rings is 1. The molecule has 0 aliphatic carbocycles. The van der Waals surface area contributed by atoms with E-state index in [0.29, 0.717) is 5.82 Å². The fourth-order valence-corrected chi connectivity index (χ4v) is 3.09. The molecule has 5 heteroatoms. The van der Waals surface area contributed by atoms with Crippen LogP contribution < -0.4 is 4.74 Å². The lowest BCUT2D eigenvalue weighted by atomic mass is 9.95. The third kappa shape index (κ3) is 3.47. The average molecular weight is 350 g/mol. The van der Waals surface area contributed by atoms with E-state index in [1.54, 1.807) is 11.9 Å². The summed E-state index contributed by atoms with van der Waals surface area (Å²) in [7, 11) is 1.68. The van der Waals surface area contributed by atoms with Gasteiger partial charge in [-0.3, -0.25) is 0 Å². The number of rotatable bonds is 7. The molecular weight excluding hydrogens is 324 g/mol. The SMILES string of the molecule is CCCCc1cccc(OC)c1-c1nnn(C(C)(C)c2ccccc2)n1. The van der Waals surface area contributed by atoms with Crippen LogP contribution in [0.3, 0.4) is 0 Å². The van der Waals surface area contributed by atoms with Crippen molar-refractivity contribution in [3.63, 3.8) is 0 Å². The van der Waals surface area contributed by atoms with Gasteiger partial charge in [0.15, 0.2) is 0 Å². The van der Waals surface area contributed by atoms with Gasteiger partial charge in [0.05, 0.1) is 12.7 Å². The summed E-state index contributed by atoms with van der Waals surface area (Å²) in [5, 5.41) is 13.4. The van der Waals surface area contributed by atoms with Crippen LogP contribution in [0.4, 0.5) is 0 Å². The molecule has 0 amide bonds. The van der Waals surface area contributed by atoms with Crippen molar-refractivity contribution in [3.05, 3.63) is 59.7 Å². The highest BCUT2D eigenvalue weighted by atomic mass is 16.5. The van der Waals surface area contributed by atoms with E-state index in [4.69, 9.17) is 9.84 Å². The third-order valence-electron chi connectivity index (χ3n) is 4.75. The first-order chi connectivity index (χ1) is 12.6. The molecule has 3 aromatic rings. The number of aryl methyl sites for hydroxylation is 1. The Morgan fingerprint density at radius 1 is 1.04 bits per heavy atom. The molecule has 3 rings (SSSR count). The number of hydrogen-bond donors (Lipinski definition) is 0. The summed E-state index contributed by atoms with van der Waals surface area (Å²) in [5.74, 6) is 1.40. The van der Waals surface area contributed by atoms with E-state index in [1.165, 1.54) is 5.56 Å². The van der Waals surface area contributed by atoms with Gasteiger partial charge in [0.1, 0.15) is 11.3 Å². The predicted octanol–water partition coefficient (Wildman–Crippen LogP) is 4.47. The number of hydrogen-bond acceptors (Lipinski definition) is 4. The van der Waals surface area contributed by atoms with Gasteiger partial charge >= 0.3 is 0 Å². The van der Waals surface area contributed by atoms with Gasteiger partial charge in [-0.1, -0.05) is 55.8 Å². The quantitative estimate of drug-likeness (QED) is 0.631. The van der Waals surface area contributed by atoms with Gasteiger partial charge in [-0.15, -0.1) is 10.2 Å². The second-order valence-electron chi connectivity index (χ2n) is 6.93. The third-order valence-corrected chi connectivity index (χ3v) is 4.75. The molecule has 0 radical (unpaired) electrons. The Bertz CT molecular complexity index is 855. The number of ether oxygens (including phenoxy) is 1. The minimum Gasteiger partial charge on any atom is -0.496 e. The molecule has 0 aliphatic rings. The van der Waals surface area contributed by atoms with Gasteiger partial charge in [-0.2, -0.15) is 4.80 Å². The normalized spacial score (nSPS) is 11.5. The molecule has 1 aromatic heterocycles. The van der Waals surface area contributed by atoms with Crippen LogP contribution in [0, 0.1) is 0 Å². The van der Waals surface area contributed by atoms with Crippen molar-refractivity contribution < 1.29 is 4.74 Å². The van der Waals surface area contributed by atoms with Crippen molar-refractivity contribution in [2.75, 3.05) is 7.11 Å². The molecule has 0 unspecified atom stereocenters. The topological polar surface area (TPSA) is 52.8 Å². The van der Waals surface area contributed by atoms with Crippen LogP contribution in [0.15, 0.2) is 48.5 Å². The molecule has 0 saturated carbocycles. The fourth-order valence-electron chi connectivity index (χ4n) is 3.09. The molecule has 0 aliphatic heterocycles. The van der Waals surface area contributed by atoms with Gasteiger partial charge in [-0.25, -0.2) is 0 Å². The van der Waals surface area contributed by atoms with Crippen LogP contribution in [-0.4, -0.2) is 27.3 Å². The van der Waals surface area contributed by atoms with Crippen LogP contribution in [0.1, 0.15) is 44.7 Å². The number of aromatic nitrogens is 4. The average Bonchev–Trinajstić information content (AvgIpc) is 3.17. The lowest BCUT2D eigenvalue weighted by Crippen LogP contribution is -2.30. The van der Waals surface area contributed by atoms with Gasteiger partial charge in [0.25, 0.3) is 0 Å². The Labute approximate surface area is 155 Å². The number of nitrogens with zero attached hydrogens (tertiary/aromatic N) is 4. The molecule has 0 spiro atoms. The van der Waals surface area contributed by atoms with Gasteiger partial charge < -0.3 is 4.74 Å². The van der Waals surface area contributed by atoms with Crippen molar-refractivity contribution in [1.82, 2.24) is 20.2 Å². The predicted molar refractivity (Wildman–Crippen MR) is 103 cm³/mol. The van der Waals surface area contributed by atoms with E-state index in [1.807, 2.05) is 30.3 Å². The maximum absolute atomic E-state index is 5.58. The molecule has 0 saturated heterocycles. The second kappa shape index (κ2) is 7.68.